The molecule has 1 heterocycles. The summed E-state index contributed by atoms with van der Waals surface area (Å²) < 4.78 is 43.4. The van der Waals surface area contributed by atoms with E-state index in [-0.39, 0.29) is 17.4 Å². The molecule has 0 radical (unpaired) electrons. The molecule has 1 unspecified atom stereocenters. The summed E-state index contributed by atoms with van der Waals surface area (Å²) in [6.07, 6.45) is -1.33. The zero-order chi connectivity index (χ0) is 13.4. The van der Waals surface area contributed by atoms with Crippen molar-refractivity contribution >= 4 is 0 Å². The van der Waals surface area contributed by atoms with E-state index in [0.29, 0.717) is 11.1 Å². The minimum absolute atomic E-state index is 0.0978. The van der Waals surface area contributed by atoms with Crippen molar-refractivity contribution in [3.63, 3.8) is 0 Å². The van der Waals surface area contributed by atoms with Gasteiger partial charge < -0.3 is 0 Å². The Morgan fingerprint density at radius 3 is 2.44 bits per heavy atom. The van der Waals surface area contributed by atoms with Gasteiger partial charge in [0.2, 0.25) is 0 Å². The summed E-state index contributed by atoms with van der Waals surface area (Å²) in [6.45, 7) is 8.54. The maximum atomic E-state index is 14.3. The quantitative estimate of drug-likeness (QED) is 0.734. The van der Waals surface area contributed by atoms with Gasteiger partial charge >= 0.3 is 0 Å². The van der Waals surface area contributed by atoms with E-state index < -0.39 is 23.9 Å². The Morgan fingerprint density at radius 1 is 1.33 bits per heavy atom. The van der Waals surface area contributed by atoms with Gasteiger partial charge in [0.15, 0.2) is 0 Å². The second-order valence-electron chi connectivity index (χ2n) is 5.46. The summed E-state index contributed by atoms with van der Waals surface area (Å²) in [5, 5.41) is 4.06. The van der Waals surface area contributed by atoms with E-state index in [1.54, 1.807) is 13.8 Å². The summed E-state index contributed by atoms with van der Waals surface area (Å²) in [5.41, 5.74) is 0.959. The fourth-order valence-electron chi connectivity index (χ4n) is 3.03. The highest BCUT2D eigenvalue weighted by Crippen LogP contribution is 2.71. The molecule has 0 spiro atoms. The molecule has 0 saturated heterocycles. The van der Waals surface area contributed by atoms with Gasteiger partial charge in [0.1, 0.15) is 17.6 Å². The van der Waals surface area contributed by atoms with E-state index in [1.165, 1.54) is 11.6 Å². The molecule has 0 amide bonds. The van der Waals surface area contributed by atoms with Crippen molar-refractivity contribution in [2.75, 3.05) is 0 Å². The van der Waals surface area contributed by atoms with Gasteiger partial charge in [-0.1, -0.05) is 12.2 Å². The molecule has 0 aliphatic heterocycles. The molecule has 0 N–H and O–H groups in total. The SMILES string of the molecule is C=C1[C@@H]2c3c(C(C)F)nn(C(C)C)c3C(F)(F)[C@H]12. The third-order valence-corrected chi connectivity index (χ3v) is 3.88. The van der Waals surface area contributed by atoms with Crippen molar-refractivity contribution in [2.45, 2.75) is 44.8 Å². The van der Waals surface area contributed by atoms with Gasteiger partial charge in [0, 0.05) is 17.5 Å². The maximum Gasteiger partial charge on any atom is 0.297 e. The van der Waals surface area contributed by atoms with Gasteiger partial charge in [-0.05, 0) is 20.8 Å². The van der Waals surface area contributed by atoms with Crippen LogP contribution in [0.4, 0.5) is 13.2 Å². The Hall–Kier alpha value is -1.26. The molecule has 3 atom stereocenters. The monoisotopic (exact) mass is 256 g/mol. The van der Waals surface area contributed by atoms with Crippen LogP contribution in [0.25, 0.3) is 0 Å². The maximum absolute atomic E-state index is 14.3. The molecule has 1 saturated carbocycles. The molecular weight excluding hydrogens is 241 g/mol. The van der Waals surface area contributed by atoms with Crippen LogP contribution in [0, 0.1) is 5.92 Å². The Morgan fingerprint density at radius 2 is 1.94 bits per heavy atom. The number of halogens is 3. The van der Waals surface area contributed by atoms with E-state index in [2.05, 4.69) is 11.7 Å². The van der Waals surface area contributed by atoms with E-state index in [4.69, 9.17) is 0 Å². The fraction of sp³-hybridized carbons (Fsp3) is 0.615. The molecule has 1 fully saturated rings. The van der Waals surface area contributed by atoms with Crippen molar-refractivity contribution < 1.29 is 13.2 Å². The zero-order valence-corrected chi connectivity index (χ0v) is 10.5. The van der Waals surface area contributed by atoms with Crippen LogP contribution in [0.1, 0.15) is 55.9 Å². The van der Waals surface area contributed by atoms with Gasteiger partial charge in [-0.25, -0.2) is 4.39 Å². The molecule has 2 nitrogen and oxygen atoms in total. The van der Waals surface area contributed by atoms with Crippen LogP contribution in [-0.4, -0.2) is 9.78 Å². The molecule has 0 bridgehead atoms. The third-order valence-electron chi connectivity index (χ3n) is 3.88. The molecule has 18 heavy (non-hydrogen) atoms. The first kappa shape index (κ1) is 11.8. The van der Waals surface area contributed by atoms with Crippen LogP contribution in [-0.2, 0) is 5.92 Å². The predicted molar refractivity (Wildman–Crippen MR) is 61.4 cm³/mol. The van der Waals surface area contributed by atoms with Crippen molar-refractivity contribution in [3.8, 4) is 0 Å². The van der Waals surface area contributed by atoms with Crippen LogP contribution < -0.4 is 0 Å². The lowest BCUT2D eigenvalue weighted by Gasteiger charge is -2.17. The fourth-order valence-corrected chi connectivity index (χ4v) is 3.03. The highest BCUT2D eigenvalue weighted by atomic mass is 19.3. The smallest absolute Gasteiger partial charge is 0.260 e. The number of hydrogen-bond donors (Lipinski definition) is 0. The van der Waals surface area contributed by atoms with Gasteiger partial charge in [0.05, 0.1) is 5.92 Å². The number of fused-ring (bicyclic) bond motifs is 3. The molecule has 2 aliphatic carbocycles. The Kier molecular flexibility index (Phi) is 2.09. The molecule has 1 aromatic heterocycles. The first-order valence-electron chi connectivity index (χ1n) is 6.11. The number of rotatable bonds is 2. The molecule has 3 rings (SSSR count). The van der Waals surface area contributed by atoms with Crippen LogP contribution in [0.15, 0.2) is 12.2 Å². The first-order valence-corrected chi connectivity index (χ1v) is 6.11. The van der Waals surface area contributed by atoms with E-state index in [9.17, 15) is 13.2 Å². The molecule has 2 aliphatic rings. The zero-order valence-electron chi connectivity index (χ0n) is 10.5. The molecule has 98 valence electrons. The summed E-state index contributed by atoms with van der Waals surface area (Å²) >= 11 is 0. The van der Waals surface area contributed by atoms with Crippen LogP contribution >= 0.6 is 0 Å². The molecular formula is C13H15F3N2. The van der Waals surface area contributed by atoms with E-state index in [0.717, 1.165) is 0 Å². The van der Waals surface area contributed by atoms with Crippen LogP contribution in [0.2, 0.25) is 0 Å². The lowest BCUT2D eigenvalue weighted by molar-refractivity contribution is -0.0270. The second kappa shape index (κ2) is 3.19. The van der Waals surface area contributed by atoms with Gasteiger partial charge in [-0.15, -0.1) is 0 Å². The Labute approximate surface area is 103 Å². The van der Waals surface area contributed by atoms with E-state index in [1.807, 2.05) is 0 Å². The lowest BCUT2D eigenvalue weighted by atomic mass is 10.1. The largest absolute Gasteiger partial charge is 0.297 e. The summed E-state index contributed by atoms with van der Waals surface area (Å²) in [4.78, 5) is 0. The Bertz CT molecular complexity index is 543. The van der Waals surface area contributed by atoms with Gasteiger partial charge in [-0.2, -0.15) is 13.9 Å². The van der Waals surface area contributed by atoms with Gasteiger partial charge in [0.25, 0.3) is 5.92 Å². The topological polar surface area (TPSA) is 17.8 Å². The summed E-state index contributed by atoms with van der Waals surface area (Å²) in [6, 6.07) is -0.206. The van der Waals surface area contributed by atoms with Crippen molar-refractivity contribution in [2.24, 2.45) is 5.92 Å². The van der Waals surface area contributed by atoms with Crippen LogP contribution in [0.5, 0.6) is 0 Å². The molecule has 5 heteroatoms. The van der Waals surface area contributed by atoms with Crippen molar-refractivity contribution in [3.05, 3.63) is 29.1 Å². The highest BCUT2D eigenvalue weighted by Gasteiger charge is 2.69. The third kappa shape index (κ3) is 1.17. The lowest BCUT2D eigenvalue weighted by Crippen LogP contribution is -2.21. The number of nitrogens with zero attached hydrogens (tertiary/aromatic N) is 2. The Balaban J connectivity index is 2.27. The summed E-state index contributed by atoms with van der Waals surface area (Å²) in [7, 11) is 0. The number of hydrogen-bond acceptors (Lipinski definition) is 1. The number of allylic oxidation sites excluding steroid dienone is 1. The normalized spacial score (nSPS) is 29.4. The highest BCUT2D eigenvalue weighted by molar-refractivity contribution is 5.58. The number of aromatic nitrogens is 2. The second-order valence-corrected chi connectivity index (χ2v) is 5.46. The minimum atomic E-state index is -2.96. The molecule has 0 aromatic carbocycles. The van der Waals surface area contributed by atoms with Crippen LogP contribution in [0.3, 0.4) is 0 Å². The van der Waals surface area contributed by atoms with Crippen molar-refractivity contribution in [1.82, 2.24) is 9.78 Å². The van der Waals surface area contributed by atoms with E-state index >= 15 is 0 Å². The minimum Gasteiger partial charge on any atom is -0.260 e. The average molecular weight is 256 g/mol. The van der Waals surface area contributed by atoms with Gasteiger partial charge in [-0.3, -0.25) is 4.68 Å². The molecule has 1 aromatic rings. The summed E-state index contributed by atoms with van der Waals surface area (Å²) in [5.74, 6) is -4.19. The average Bonchev–Trinajstić information content (AvgIpc) is 2.69. The first-order chi connectivity index (χ1) is 8.28. The predicted octanol–water partition coefficient (Wildman–Crippen LogP) is 3.87. The standard InChI is InChI=1S/C13H15F3N2/c1-5(2)18-12-9(11(17-18)7(4)14)8-6(3)10(8)13(12,15)16/h5,7-8,10H,3H2,1-2,4H3/t7?,8-,10-/m1/s1. The van der Waals surface area contributed by atoms with Crippen molar-refractivity contribution in [1.29, 1.82) is 0 Å². The number of alkyl halides is 3.